The minimum Gasteiger partial charge on any atom is -0.383 e. The summed E-state index contributed by atoms with van der Waals surface area (Å²) in [5.74, 6) is -2.21. The van der Waals surface area contributed by atoms with E-state index in [1.54, 1.807) is 12.1 Å². The lowest BCUT2D eigenvalue weighted by atomic mass is 10.0. The summed E-state index contributed by atoms with van der Waals surface area (Å²) in [7, 11) is 0. The quantitative estimate of drug-likeness (QED) is 0.123. The molecule has 39 heavy (non-hydrogen) atoms. The van der Waals surface area contributed by atoms with Crippen LogP contribution in [0.3, 0.4) is 0 Å². The summed E-state index contributed by atoms with van der Waals surface area (Å²) in [4.78, 5) is 45.4. The van der Waals surface area contributed by atoms with Crippen molar-refractivity contribution in [2.45, 2.75) is 6.92 Å². The normalized spacial score (nSPS) is 15.5. The Bertz CT molecular complexity index is 1610. The molecule has 4 aromatic rings. The van der Waals surface area contributed by atoms with Gasteiger partial charge in [-0.1, -0.05) is 60.1 Å². The second kappa shape index (κ2) is 10.9. The Morgan fingerprint density at radius 1 is 1.05 bits per heavy atom. The average molecular weight is 578 g/mol. The molecule has 1 saturated heterocycles. The van der Waals surface area contributed by atoms with Crippen molar-refractivity contribution in [1.29, 1.82) is 0 Å². The molecule has 1 N–H and O–H groups in total. The van der Waals surface area contributed by atoms with Crippen LogP contribution in [-0.2, 0) is 9.59 Å². The van der Waals surface area contributed by atoms with Crippen LogP contribution in [0.25, 0.3) is 11.3 Å². The number of nitrogens with zero attached hydrogens (tertiary/aromatic N) is 4. The van der Waals surface area contributed by atoms with E-state index in [9.17, 15) is 19.7 Å². The zero-order valence-electron chi connectivity index (χ0n) is 20.4. The Kier molecular flexibility index (Phi) is 7.38. The highest BCUT2D eigenvalue weighted by atomic mass is 35.5. The Morgan fingerprint density at radius 2 is 1.74 bits per heavy atom. The number of non-ortho nitro benzene ring substituents is 1. The molecule has 9 nitrogen and oxygen atoms in total. The molecular weight excluding hydrogens is 558 g/mol. The fourth-order valence-electron chi connectivity index (χ4n) is 4.17. The molecule has 1 aliphatic heterocycles. The highest BCUT2D eigenvalue weighted by Crippen LogP contribution is 2.35. The number of carbonyl (C=O) groups is 2. The number of rotatable bonds is 7. The molecule has 1 aliphatic rings. The first-order chi connectivity index (χ1) is 18.8. The van der Waals surface area contributed by atoms with Crippen LogP contribution in [0, 0.1) is 23.0 Å². The van der Waals surface area contributed by atoms with E-state index in [0.717, 1.165) is 11.1 Å². The van der Waals surface area contributed by atoms with Gasteiger partial charge in [-0.05, 0) is 36.8 Å². The predicted molar refractivity (Wildman–Crippen MR) is 156 cm³/mol. The second-order valence-corrected chi connectivity index (χ2v) is 10.3. The number of amides is 2. The van der Waals surface area contributed by atoms with E-state index in [-0.39, 0.29) is 22.4 Å². The molecule has 196 valence electrons. The van der Waals surface area contributed by atoms with E-state index < -0.39 is 22.7 Å². The summed E-state index contributed by atoms with van der Waals surface area (Å²) in [6, 6.07) is 20.7. The van der Waals surface area contributed by atoms with Gasteiger partial charge in [0.05, 0.1) is 27.0 Å². The zero-order chi connectivity index (χ0) is 27.7. The summed E-state index contributed by atoms with van der Waals surface area (Å²) in [5, 5.41) is 16.3. The molecule has 0 aliphatic carbocycles. The lowest BCUT2D eigenvalue weighted by Crippen LogP contribution is -2.61. The van der Waals surface area contributed by atoms with E-state index in [4.69, 9.17) is 23.8 Å². The van der Waals surface area contributed by atoms with E-state index in [0.29, 0.717) is 22.2 Å². The molecule has 12 heteroatoms. The van der Waals surface area contributed by atoms with E-state index in [1.807, 2.05) is 54.8 Å². The number of halogens is 1. The lowest BCUT2D eigenvalue weighted by Gasteiger charge is -2.38. The summed E-state index contributed by atoms with van der Waals surface area (Å²) in [5.41, 5.74) is 3.10. The van der Waals surface area contributed by atoms with Crippen molar-refractivity contribution in [1.82, 2.24) is 4.98 Å². The first-order valence-corrected chi connectivity index (χ1v) is 13.4. The number of hydrogen-bond donors (Lipinski definition) is 1. The number of thiazole rings is 1. The smallest absolute Gasteiger partial charge is 0.271 e. The van der Waals surface area contributed by atoms with Gasteiger partial charge in [0.15, 0.2) is 10.2 Å². The van der Waals surface area contributed by atoms with Crippen LogP contribution >= 0.6 is 35.2 Å². The highest BCUT2D eigenvalue weighted by molar-refractivity contribution is 7.81. The molecule has 3 aromatic carbocycles. The Balaban J connectivity index is 1.51. The fraction of sp³-hybridized carbons (Fsp3) is 0.111. The number of anilines is 3. The van der Waals surface area contributed by atoms with Crippen molar-refractivity contribution in [3.05, 3.63) is 98.9 Å². The third kappa shape index (κ3) is 5.11. The van der Waals surface area contributed by atoms with Gasteiger partial charge in [-0.25, -0.2) is 9.88 Å². The van der Waals surface area contributed by atoms with Gasteiger partial charge in [0.1, 0.15) is 5.92 Å². The topological polar surface area (TPSA) is 109 Å². The lowest BCUT2D eigenvalue weighted by molar-refractivity contribution is -0.384. The minimum atomic E-state index is -1.17. The van der Waals surface area contributed by atoms with Crippen molar-refractivity contribution in [3.8, 4) is 11.3 Å². The van der Waals surface area contributed by atoms with Crippen LogP contribution in [0.5, 0.6) is 0 Å². The van der Waals surface area contributed by atoms with Crippen molar-refractivity contribution >= 4 is 74.3 Å². The number of aryl methyl sites for hydroxylation is 1. The highest BCUT2D eigenvalue weighted by Gasteiger charge is 2.46. The number of nitro groups is 1. The maximum absolute atomic E-state index is 13.8. The third-order valence-electron chi connectivity index (χ3n) is 6.19. The molecule has 1 atom stereocenters. The van der Waals surface area contributed by atoms with Gasteiger partial charge < -0.3 is 5.32 Å². The Morgan fingerprint density at radius 3 is 2.44 bits per heavy atom. The Hall–Kier alpha value is -4.19. The van der Waals surface area contributed by atoms with Crippen molar-refractivity contribution in [3.63, 3.8) is 0 Å². The van der Waals surface area contributed by atoms with E-state index in [1.165, 1.54) is 39.3 Å². The number of carbonyl (C=O) groups excluding carboxylic acids is 2. The molecule has 1 unspecified atom stereocenters. The first kappa shape index (κ1) is 26.4. The van der Waals surface area contributed by atoms with Gasteiger partial charge in [-0.2, -0.15) is 0 Å². The maximum Gasteiger partial charge on any atom is 0.271 e. The molecule has 0 saturated carbocycles. The average Bonchev–Trinajstić information content (AvgIpc) is 3.40. The molecule has 1 fully saturated rings. The van der Waals surface area contributed by atoms with Crippen LogP contribution in [-0.4, -0.2) is 33.4 Å². The van der Waals surface area contributed by atoms with Crippen molar-refractivity contribution in [2.75, 3.05) is 21.7 Å². The number of nitro benzene ring substituents is 1. The minimum absolute atomic E-state index is 0.0119. The van der Waals surface area contributed by atoms with Gasteiger partial charge >= 0.3 is 0 Å². The zero-order valence-corrected chi connectivity index (χ0v) is 22.8. The maximum atomic E-state index is 13.8. The number of hydrogen-bond acceptors (Lipinski definition) is 8. The number of aromatic nitrogens is 1. The standard InChI is InChI=1S/C27H20ClN5O4S2/c1-16-7-5-6-10-23(16)31-24(34)19(14-29-21-12-11-18(33(36)37)13-20(21)28)25(35)32(27(31)38)26-30-22(15-39-26)17-8-3-2-4-9-17/h2-13,15,19,29H,14H2,1H3. The molecule has 5 rings (SSSR count). The SMILES string of the molecule is Cc1ccccc1N1C(=O)C(CNc2ccc([N+](=O)[O-])cc2Cl)C(=O)N(c2nc(-c3ccccc3)cs2)C1=S. The van der Waals surface area contributed by atoms with Crippen LogP contribution in [0.4, 0.5) is 22.2 Å². The molecule has 2 amide bonds. The van der Waals surface area contributed by atoms with Gasteiger partial charge in [0.2, 0.25) is 11.8 Å². The summed E-state index contributed by atoms with van der Waals surface area (Å²) in [6.07, 6.45) is 0. The van der Waals surface area contributed by atoms with Crippen molar-refractivity contribution in [2.24, 2.45) is 5.92 Å². The van der Waals surface area contributed by atoms with Crippen LogP contribution < -0.4 is 15.1 Å². The third-order valence-corrected chi connectivity index (χ3v) is 7.69. The van der Waals surface area contributed by atoms with E-state index in [2.05, 4.69) is 10.3 Å². The Labute approximate surface area is 237 Å². The summed E-state index contributed by atoms with van der Waals surface area (Å²) >= 11 is 13.2. The number of nitrogens with one attached hydrogen (secondary N) is 1. The first-order valence-electron chi connectivity index (χ1n) is 11.7. The molecule has 0 spiro atoms. The van der Waals surface area contributed by atoms with Gasteiger partial charge in [0, 0.05) is 29.6 Å². The molecule has 2 heterocycles. The van der Waals surface area contributed by atoms with Gasteiger partial charge in [-0.15, -0.1) is 11.3 Å². The summed E-state index contributed by atoms with van der Waals surface area (Å²) in [6.45, 7) is 1.74. The van der Waals surface area contributed by atoms with Crippen LogP contribution in [0.2, 0.25) is 5.02 Å². The van der Waals surface area contributed by atoms with Crippen molar-refractivity contribution < 1.29 is 14.5 Å². The molecule has 0 radical (unpaired) electrons. The van der Waals surface area contributed by atoms with Crippen LogP contribution in [0.1, 0.15) is 5.56 Å². The monoisotopic (exact) mass is 577 g/mol. The van der Waals surface area contributed by atoms with Gasteiger partial charge in [-0.3, -0.25) is 24.6 Å². The van der Waals surface area contributed by atoms with Gasteiger partial charge in [0.25, 0.3) is 5.69 Å². The van der Waals surface area contributed by atoms with Crippen LogP contribution in [0.15, 0.2) is 78.2 Å². The van der Waals surface area contributed by atoms with E-state index >= 15 is 0 Å². The predicted octanol–water partition coefficient (Wildman–Crippen LogP) is 6.07. The second-order valence-electron chi connectivity index (χ2n) is 8.65. The number of thiocarbonyl (C=S) groups is 1. The number of benzene rings is 3. The number of para-hydroxylation sites is 1. The molecular formula is C27H20ClN5O4S2. The largest absolute Gasteiger partial charge is 0.383 e. The molecule has 1 aromatic heterocycles. The summed E-state index contributed by atoms with van der Waals surface area (Å²) < 4.78 is 0. The molecule has 0 bridgehead atoms. The fourth-order valence-corrected chi connectivity index (χ4v) is 5.68.